The molecule has 5 heteroatoms. The maximum Gasteiger partial charge on any atom is 0.255 e. The highest BCUT2D eigenvalue weighted by Crippen LogP contribution is 2.23. The van der Waals surface area contributed by atoms with Crippen molar-refractivity contribution in [2.45, 2.75) is 0 Å². The summed E-state index contributed by atoms with van der Waals surface area (Å²) in [6, 6.07) is 14.8. The molecule has 0 bridgehead atoms. The number of carbonyl (C=O) groups is 1. The van der Waals surface area contributed by atoms with E-state index in [-0.39, 0.29) is 5.91 Å². The summed E-state index contributed by atoms with van der Waals surface area (Å²) in [7, 11) is 0. The van der Waals surface area contributed by atoms with Crippen molar-refractivity contribution in [1.82, 2.24) is 0 Å². The maximum atomic E-state index is 12.0. The van der Waals surface area contributed by atoms with Crippen LogP contribution in [0.5, 0.6) is 0 Å². The molecule has 0 aliphatic heterocycles. The zero-order chi connectivity index (χ0) is 14.5. The van der Waals surface area contributed by atoms with E-state index in [1.165, 1.54) is 6.07 Å². The number of nitriles is 2. The van der Waals surface area contributed by atoms with Gasteiger partial charge in [-0.25, -0.2) is 0 Å². The summed E-state index contributed by atoms with van der Waals surface area (Å²) in [5.41, 5.74) is 1.66. The quantitative estimate of drug-likeness (QED) is 0.917. The van der Waals surface area contributed by atoms with Gasteiger partial charge in [0.05, 0.1) is 34.0 Å². The summed E-state index contributed by atoms with van der Waals surface area (Å²) >= 11 is 5.97. The molecular formula is C15H8ClN3O. The van der Waals surface area contributed by atoms with Crippen LogP contribution in [0.2, 0.25) is 5.02 Å². The van der Waals surface area contributed by atoms with Crippen LogP contribution in [-0.2, 0) is 0 Å². The molecule has 1 N–H and O–H groups in total. The topological polar surface area (TPSA) is 76.7 Å². The first-order chi connectivity index (χ1) is 9.63. The molecule has 0 atom stereocenters. The first kappa shape index (κ1) is 13.6. The average Bonchev–Trinajstić information content (AvgIpc) is 2.49. The summed E-state index contributed by atoms with van der Waals surface area (Å²) in [5.74, 6) is -0.355. The fraction of sp³-hybridized carbons (Fsp3) is 0. The molecular weight excluding hydrogens is 274 g/mol. The van der Waals surface area contributed by atoms with Crippen molar-refractivity contribution in [2.24, 2.45) is 0 Å². The Morgan fingerprint density at radius 3 is 2.20 bits per heavy atom. The number of halogens is 1. The van der Waals surface area contributed by atoms with E-state index in [0.29, 0.717) is 27.4 Å². The molecule has 0 aliphatic carbocycles. The van der Waals surface area contributed by atoms with E-state index in [4.69, 9.17) is 22.1 Å². The summed E-state index contributed by atoms with van der Waals surface area (Å²) in [4.78, 5) is 12.0. The lowest BCUT2D eigenvalue weighted by Crippen LogP contribution is -2.12. The van der Waals surface area contributed by atoms with Crippen molar-refractivity contribution in [3.63, 3.8) is 0 Å². The van der Waals surface area contributed by atoms with Crippen LogP contribution < -0.4 is 5.32 Å². The first-order valence-corrected chi connectivity index (χ1v) is 6.03. The largest absolute Gasteiger partial charge is 0.321 e. The Bertz CT molecular complexity index is 739. The van der Waals surface area contributed by atoms with Crippen LogP contribution in [0.4, 0.5) is 5.69 Å². The third kappa shape index (κ3) is 2.95. The molecule has 20 heavy (non-hydrogen) atoms. The summed E-state index contributed by atoms with van der Waals surface area (Å²) in [5, 5.41) is 20.5. The molecule has 2 rings (SSSR count). The third-order valence-electron chi connectivity index (χ3n) is 2.62. The molecule has 1 amide bonds. The number of amides is 1. The number of carbonyl (C=O) groups excluding carboxylic acids is 1. The van der Waals surface area contributed by atoms with Gasteiger partial charge in [-0.2, -0.15) is 10.5 Å². The van der Waals surface area contributed by atoms with Gasteiger partial charge in [-0.1, -0.05) is 11.6 Å². The molecule has 0 fully saturated rings. The summed E-state index contributed by atoms with van der Waals surface area (Å²) < 4.78 is 0. The van der Waals surface area contributed by atoms with Crippen molar-refractivity contribution in [3.05, 3.63) is 64.2 Å². The van der Waals surface area contributed by atoms with Gasteiger partial charge >= 0.3 is 0 Å². The zero-order valence-electron chi connectivity index (χ0n) is 10.2. The lowest BCUT2D eigenvalue weighted by molar-refractivity contribution is 0.102. The molecule has 0 aliphatic rings. The highest BCUT2D eigenvalue weighted by molar-refractivity contribution is 6.34. The molecule has 2 aromatic rings. The standard InChI is InChI=1S/C15H8ClN3O/c16-13-6-3-11(9-18)7-14(13)19-15(20)12-4-1-10(8-17)2-5-12/h1-7H,(H,19,20). The van der Waals surface area contributed by atoms with E-state index in [1.54, 1.807) is 36.4 Å². The van der Waals surface area contributed by atoms with Crippen LogP contribution in [0.1, 0.15) is 21.5 Å². The van der Waals surface area contributed by atoms with Crippen LogP contribution in [0.3, 0.4) is 0 Å². The van der Waals surface area contributed by atoms with Gasteiger partial charge in [0.25, 0.3) is 5.91 Å². The highest BCUT2D eigenvalue weighted by atomic mass is 35.5. The molecule has 0 spiro atoms. The van der Waals surface area contributed by atoms with E-state index >= 15 is 0 Å². The Labute approximate surface area is 120 Å². The van der Waals surface area contributed by atoms with Crippen LogP contribution in [0, 0.1) is 22.7 Å². The Balaban J connectivity index is 2.23. The van der Waals surface area contributed by atoms with Crippen LogP contribution in [-0.4, -0.2) is 5.91 Å². The van der Waals surface area contributed by atoms with E-state index in [9.17, 15) is 4.79 Å². The minimum Gasteiger partial charge on any atom is -0.321 e. The van der Waals surface area contributed by atoms with Crippen molar-refractivity contribution in [1.29, 1.82) is 10.5 Å². The van der Waals surface area contributed by atoms with E-state index < -0.39 is 0 Å². The maximum absolute atomic E-state index is 12.0. The molecule has 96 valence electrons. The molecule has 0 heterocycles. The van der Waals surface area contributed by atoms with Gasteiger partial charge in [-0.3, -0.25) is 4.79 Å². The summed E-state index contributed by atoms with van der Waals surface area (Å²) in [6.07, 6.45) is 0. The molecule has 0 aromatic heterocycles. The van der Waals surface area contributed by atoms with Crippen molar-refractivity contribution < 1.29 is 4.79 Å². The van der Waals surface area contributed by atoms with Crippen LogP contribution in [0.25, 0.3) is 0 Å². The Hall–Kier alpha value is -2.82. The number of rotatable bonds is 2. The third-order valence-corrected chi connectivity index (χ3v) is 2.95. The van der Waals surface area contributed by atoms with Gasteiger partial charge in [0.2, 0.25) is 0 Å². The van der Waals surface area contributed by atoms with Crippen molar-refractivity contribution >= 4 is 23.2 Å². The molecule has 4 nitrogen and oxygen atoms in total. The van der Waals surface area contributed by atoms with Gasteiger partial charge in [0, 0.05) is 5.56 Å². The zero-order valence-corrected chi connectivity index (χ0v) is 11.0. The van der Waals surface area contributed by atoms with E-state index in [0.717, 1.165) is 0 Å². The molecule has 0 saturated heterocycles. The van der Waals surface area contributed by atoms with Crippen molar-refractivity contribution in [2.75, 3.05) is 5.32 Å². The van der Waals surface area contributed by atoms with Gasteiger partial charge in [-0.15, -0.1) is 0 Å². The van der Waals surface area contributed by atoms with Gasteiger partial charge in [0.15, 0.2) is 0 Å². The van der Waals surface area contributed by atoms with Gasteiger partial charge < -0.3 is 5.32 Å². The minimum atomic E-state index is -0.355. The second-order valence-electron chi connectivity index (χ2n) is 3.95. The number of nitrogens with zero attached hydrogens (tertiary/aromatic N) is 2. The predicted octanol–water partition coefficient (Wildman–Crippen LogP) is 3.34. The second-order valence-corrected chi connectivity index (χ2v) is 4.36. The minimum absolute atomic E-state index is 0.353. The Morgan fingerprint density at radius 2 is 1.60 bits per heavy atom. The highest BCUT2D eigenvalue weighted by Gasteiger charge is 2.09. The van der Waals surface area contributed by atoms with Gasteiger partial charge in [0.1, 0.15) is 0 Å². The number of nitrogens with one attached hydrogen (secondary N) is 1. The molecule has 0 radical (unpaired) electrons. The lowest BCUT2D eigenvalue weighted by Gasteiger charge is -2.07. The fourth-order valence-electron chi connectivity index (χ4n) is 1.58. The monoisotopic (exact) mass is 281 g/mol. The average molecular weight is 282 g/mol. The van der Waals surface area contributed by atoms with E-state index in [1.807, 2.05) is 12.1 Å². The smallest absolute Gasteiger partial charge is 0.255 e. The summed E-state index contributed by atoms with van der Waals surface area (Å²) in [6.45, 7) is 0. The van der Waals surface area contributed by atoms with Gasteiger partial charge in [-0.05, 0) is 42.5 Å². The van der Waals surface area contributed by atoms with Crippen LogP contribution >= 0.6 is 11.6 Å². The number of benzene rings is 2. The molecule has 0 unspecified atom stereocenters. The number of hydrogen-bond acceptors (Lipinski definition) is 3. The van der Waals surface area contributed by atoms with Crippen molar-refractivity contribution in [3.8, 4) is 12.1 Å². The normalized spacial score (nSPS) is 9.35. The Morgan fingerprint density at radius 1 is 1.00 bits per heavy atom. The van der Waals surface area contributed by atoms with Crippen LogP contribution in [0.15, 0.2) is 42.5 Å². The Kier molecular flexibility index (Phi) is 4.00. The molecule has 0 saturated carbocycles. The number of hydrogen-bond donors (Lipinski definition) is 1. The molecule has 2 aromatic carbocycles. The van der Waals surface area contributed by atoms with E-state index in [2.05, 4.69) is 5.32 Å². The SMILES string of the molecule is N#Cc1ccc(C(=O)Nc2cc(C#N)ccc2Cl)cc1. The predicted molar refractivity (Wildman–Crippen MR) is 75.3 cm³/mol. The second kappa shape index (κ2) is 5.88. The fourth-order valence-corrected chi connectivity index (χ4v) is 1.75. The lowest BCUT2D eigenvalue weighted by atomic mass is 10.1. The number of anilines is 1. The first-order valence-electron chi connectivity index (χ1n) is 5.65.